The van der Waals surface area contributed by atoms with Gasteiger partial charge in [-0.1, -0.05) is 11.6 Å². The first-order valence-corrected chi connectivity index (χ1v) is 7.65. The van der Waals surface area contributed by atoms with Crippen molar-refractivity contribution in [2.75, 3.05) is 13.2 Å². The molecule has 2 aromatic rings. The number of halogens is 1. The first-order chi connectivity index (χ1) is 10.7. The zero-order valence-electron chi connectivity index (χ0n) is 12.3. The summed E-state index contributed by atoms with van der Waals surface area (Å²) in [5.74, 6) is -0.353. The average molecular weight is 321 g/mol. The van der Waals surface area contributed by atoms with E-state index in [9.17, 15) is 4.79 Å². The Morgan fingerprint density at radius 1 is 1.50 bits per heavy atom. The van der Waals surface area contributed by atoms with Gasteiger partial charge in [-0.3, -0.25) is 4.68 Å². The van der Waals surface area contributed by atoms with Gasteiger partial charge in [-0.2, -0.15) is 5.10 Å². The van der Waals surface area contributed by atoms with Crippen LogP contribution in [-0.4, -0.2) is 33.9 Å². The first-order valence-electron chi connectivity index (χ1n) is 7.27. The molecule has 2 heterocycles. The number of carbonyl (C=O) groups excluding carboxylic acids is 1. The monoisotopic (exact) mass is 320 g/mol. The summed E-state index contributed by atoms with van der Waals surface area (Å²) in [6, 6.07) is 1.80. The number of pyridine rings is 1. The van der Waals surface area contributed by atoms with E-state index >= 15 is 0 Å². The van der Waals surface area contributed by atoms with Gasteiger partial charge in [0.05, 0.1) is 18.8 Å². The Morgan fingerprint density at radius 3 is 3.05 bits per heavy atom. The lowest BCUT2D eigenvalue weighted by molar-refractivity contribution is 0.0510. The number of hydrogen-bond donors (Lipinski definition) is 1. The van der Waals surface area contributed by atoms with E-state index in [1.165, 1.54) is 0 Å². The number of carbonyl (C=O) groups is 1. The van der Waals surface area contributed by atoms with Crippen LogP contribution in [0.25, 0.3) is 11.3 Å². The minimum absolute atomic E-state index is 0.327. The third-order valence-electron chi connectivity index (χ3n) is 3.71. The van der Waals surface area contributed by atoms with Gasteiger partial charge in [0.2, 0.25) is 0 Å². The van der Waals surface area contributed by atoms with Gasteiger partial charge in [0.25, 0.3) is 0 Å². The Morgan fingerprint density at radius 2 is 2.32 bits per heavy atom. The Bertz CT molecular complexity index is 727. The van der Waals surface area contributed by atoms with Crippen molar-refractivity contribution in [1.82, 2.24) is 14.8 Å². The van der Waals surface area contributed by atoms with Crippen molar-refractivity contribution in [3.63, 3.8) is 0 Å². The molecule has 0 atom stereocenters. The number of ether oxygens (including phenoxy) is 1. The smallest absolute Gasteiger partial charge is 0.356 e. The van der Waals surface area contributed by atoms with E-state index in [1.807, 2.05) is 0 Å². The second-order valence-electron chi connectivity index (χ2n) is 5.07. The van der Waals surface area contributed by atoms with Gasteiger partial charge in [0.1, 0.15) is 10.8 Å². The van der Waals surface area contributed by atoms with Crippen molar-refractivity contribution in [3.05, 3.63) is 34.2 Å². The summed E-state index contributed by atoms with van der Waals surface area (Å²) >= 11 is 6.01. The molecule has 22 heavy (non-hydrogen) atoms. The normalized spacial score (nSPS) is 12.7. The maximum Gasteiger partial charge on any atom is 0.356 e. The number of aryl methyl sites for hydroxylation is 1. The molecule has 2 N–H and O–H groups in total. The van der Waals surface area contributed by atoms with Crippen LogP contribution in [0.1, 0.15) is 28.5 Å². The maximum atomic E-state index is 12.3. The van der Waals surface area contributed by atoms with Crippen LogP contribution in [0.15, 0.2) is 12.3 Å². The lowest BCUT2D eigenvalue weighted by Gasteiger charge is -2.15. The number of fused-ring (bicyclic) bond motifs is 3. The molecular formula is C15H17ClN4O2. The molecule has 0 amide bonds. The van der Waals surface area contributed by atoms with E-state index in [-0.39, 0.29) is 5.97 Å². The van der Waals surface area contributed by atoms with E-state index in [0.717, 1.165) is 35.2 Å². The van der Waals surface area contributed by atoms with Crippen molar-refractivity contribution in [2.45, 2.75) is 26.3 Å². The molecule has 0 saturated heterocycles. The zero-order valence-corrected chi connectivity index (χ0v) is 13.1. The molecule has 2 aromatic heterocycles. The highest BCUT2D eigenvalue weighted by Gasteiger charge is 2.29. The molecule has 1 aliphatic carbocycles. The summed E-state index contributed by atoms with van der Waals surface area (Å²) in [4.78, 5) is 16.4. The van der Waals surface area contributed by atoms with E-state index in [1.54, 1.807) is 23.9 Å². The van der Waals surface area contributed by atoms with Crippen LogP contribution in [0.5, 0.6) is 0 Å². The van der Waals surface area contributed by atoms with Crippen molar-refractivity contribution in [1.29, 1.82) is 0 Å². The lowest BCUT2D eigenvalue weighted by Crippen LogP contribution is -2.19. The zero-order chi connectivity index (χ0) is 15.7. The highest BCUT2D eigenvalue weighted by atomic mass is 35.5. The third kappa shape index (κ3) is 2.48. The Kier molecular flexibility index (Phi) is 4.13. The molecule has 3 rings (SSSR count). The SMILES string of the molecule is CCOC(=O)c1c2c(nn1CCN)-c1cc(Cl)ncc1CC2. The topological polar surface area (TPSA) is 83.0 Å². The summed E-state index contributed by atoms with van der Waals surface area (Å²) in [5.41, 5.74) is 9.84. The van der Waals surface area contributed by atoms with E-state index in [4.69, 9.17) is 22.1 Å². The van der Waals surface area contributed by atoms with E-state index in [0.29, 0.717) is 30.5 Å². The van der Waals surface area contributed by atoms with Gasteiger partial charge in [-0.15, -0.1) is 0 Å². The first kappa shape index (κ1) is 15.0. The molecule has 0 unspecified atom stereocenters. The number of hydrogen-bond acceptors (Lipinski definition) is 5. The van der Waals surface area contributed by atoms with Crippen LogP contribution in [0.2, 0.25) is 5.15 Å². The number of rotatable bonds is 4. The minimum atomic E-state index is -0.353. The highest BCUT2D eigenvalue weighted by Crippen LogP contribution is 2.35. The average Bonchev–Trinajstić information content (AvgIpc) is 2.86. The van der Waals surface area contributed by atoms with Gasteiger partial charge < -0.3 is 10.5 Å². The number of nitrogens with zero attached hydrogens (tertiary/aromatic N) is 3. The molecule has 6 nitrogen and oxygen atoms in total. The molecule has 0 saturated carbocycles. The fraction of sp³-hybridized carbons (Fsp3) is 0.400. The fourth-order valence-corrected chi connectivity index (χ4v) is 2.96. The molecule has 0 bridgehead atoms. The Hall–Kier alpha value is -1.92. The molecular weight excluding hydrogens is 304 g/mol. The molecule has 7 heteroatoms. The quantitative estimate of drug-likeness (QED) is 0.686. The van der Waals surface area contributed by atoms with Crippen LogP contribution < -0.4 is 5.73 Å². The summed E-state index contributed by atoms with van der Waals surface area (Å²) < 4.78 is 6.82. The third-order valence-corrected chi connectivity index (χ3v) is 3.92. The van der Waals surface area contributed by atoms with E-state index < -0.39 is 0 Å². The van der Waals surface area contributed by atoms with Crippen LogP contribution in [-0.2, 0) is 24.1 Å². The molecule has 0 radical (unpaired) electrons. The highest BCUT2D eigenvalue weighted by molar-refractivity contribution is 6.29. The molecule has 0 aromatic carbocycles. The predicted molar refractivity (Wildman–Crippen MR) is 82.9 cm³/mol. The second-order valence-corrected chi connectivity index (χ2v) is 5.46. The number of aromatic nitrogens is 3. The van der Waals surface area contributed by atoms with Crippen molar-refractivity contribution in [3.8, 4) is 11.3 Å². The summed E-state index contributed by atoms with van der Waals surface area (Å²) in [6.07, 6.45) is 3.30. The lowest BCUT2D eigenvalue weighted by atomic mass is 9.90. The fourth-order valence-electron chi connectivity index (χ4n) is 2.80. The molecule has 116 valence electrons. The predicted octanol–water partition coefficient (Wildman–Crippen LogP) is 1.83. The van der Waals surface area contributed by atoms with Crippen LogP contribution in [0.4, 0.5) is 0 Å². The van der Waals surface area contributed by atoms with Gasteiger partial charge in [-0.05, 0) is 31.4 Å². The summed E-state index contributed by atoms with van der Waals surface area (Å²) in [5, 5.41) is 4.99. The Labute approximate surface area is 133 Å². The molecule has 1 aliphatic rings. The van der Waals surface area contributed by atoms with Crippen molar-refractivity contribution >= 4 is 17.6 Å². The largest absolute Gasteiger partial charge is 0.461 e. The minimum Gasteiger partial charge on any atom is -0.461 e. The van der Waals surface area contributed by atoms with E-state index in [2.05, 4.69) is 10.1 Å². The summed E-state index contributed by atoms with van der Waals surface area (Å²) in [6.45, 7) is 2.98. The standard InChI is InChI=1S/C15H17ClN4O2/c1-2-22-15(21)14-10-4-3-9-8-18-12(16)7-11(9)13(10)19-20(14)6-5-17/h7-8H,2-6,17H2,1H3. The van der Waals surface area contributed by atoms with Crippen molar-refractivity contribution in [2.24, 2.45) is 5.73 Å². The summed E-state index contributed by atoms with van der Waals surface area (Å²) in [7, 11) is 0. The maximum absolute atomic E-state index is 12.3. The molecule has 0 fully saturated rings. The Balaban J connectivity index is 2.16. The molecule has 0 aliphatic heterocycles. The van der Waals surface area contributed by atoms with Gasteiger partial charge in [-0.25, -0.2) is 9.78 Å². The molecule has 0 spiro atoms. The van der Waals surface area contributed by atoms with Gasteiger partial charge in [0.15, 0.2) is 0 Å². The van der Waals surface area contributed by atoms with Gasteiger partial charge in [0, 0.05) is 23.9 Å². The number of esters is 1. The van der Waals surface area contributed by atoms with Gasteiger partial charge >= 0.3 is 5.97 Å². The van der Waals surface area contributed by atoms with Crippen LogP contribution in [0.3, 0.4) is 0 Å². The second kappa shape index (κ2) is 6.06. The number of nitrogens with two attached hydrogens (primary N) is 1. The van der Waals surface area contributed by atoms with Crippen LogP contribution in [0, 0.1) is 0 Å². The van der Waals surface area contributed by atoms with Crippen molar-refractivity contribution < 1.29 is 9.53 Å². The van der Waals surface area contributed by atoms with Crippen LogP contribution >= 0.6 is 11.6 Å².